The predicted octanol–water partition coefficient (Wildman–Crippen LogP) is 1.89. The second-order valence-corrected chi connectivity index (χ2v) is 4.31. The van der Waals surface area contributed by atoms with E-state index >= 15 is 0 Å². The Kier molecular flexibility index (Phi) is 4.44. The second kappa shape index (κ2) is 6.47. The molecule has 1 aromatic carbocycles. The number of aliphatic carboxylic acids is 1. The minimum Gasteiger partial charge on any atom is -0.481 e. The van der Waals surface area contributed by atoms with E-state index in [9.17, 15) is 9.59 Å². The highest BCUT2D eigenvalue weighted by atomic mass is 16.4. The first-order valence-corrected chi connectivity index (χ1v) is 6.13. The molecule has 2 aromatic rings. The van der Waals surface area contributed by atoms with Crippen LogP contribution in [0.15, 0.2) is 48.8 Å². The van der Waals surface area contributed by atoms with Crippen molar-refractivity contribution in [1.29, 1.82) is 0 Å². The number of amides is 1. The molecule has 0 saturated heterocycles. The molecule has 0 unspecified atom stereocenters. The van der Waals surface area contributed by atoms with Crippen LogP contribution in [0.1, 0.15) is 11.1 Å². The first kappa shape index (κ1) is 13.7. The smallest absolute Gasteiger partial charge is 0.307 e. The highest BCUT2D eigenvalue weighted by Crippen LogP contribution is 2.16. The van der Waals surface area contributed by atoms with Crippen LogP contribution in [0.25, 0.3) is 0 Å². The average Bonchev–Trinajstić information content (AvgIpc) is 2.41. The van der Waals surface area contributed by atoms with Gasteiger partial charge in [-0.05, 0) is 29.3 Å². The Morgan fingerprint density at radius 3 is 2.45 bits per heavy atom. The number of anilines is 1. The van der Waals surface area contributed by atoms with Crippen molar-refractivity contribution in [2.75, 3.05) is 5.32 Å². The summed E-state index contributed by atoms with van der Waals surface area (Å²) < 4.78 is 0. The van der Waals surface area contributed by atoms with E-state index in [-0.39, 0.29) is 18.7 Å². The number of carbonyl (C=O) groups is 2. The highest BCUT2D eigenvalue weighted by Gasteiger charge is 2.09. The number of carbonyl (C=O) groups excluding carboxylic acids is 1. The van der Waals surface area contributed by atoms with Gasteiger partial charge in [-0.15, -0.1) is 0 Å². The van der Waals surface area contributed by atoms with Crippen LogP contribution in [-0.2, 0) is 22.4 Å². The summed E-state index contributed by atoms with van der Waals surface area (Å²) in [5, 5.41) is 11.6. The maximum Gasteiger partial charge on any atom is 0.307 e. The number of carboxylic acid groups (broad SMARTS) is 1. The van der Waals surface area contributed by atoms with Crippen LogP contribution in [-0.4, -0.2) is 22.0 Å². The molecule has 0 aliphatic rings. The Morgan fingerprint density at radius 2 is 1.75 bits per heavy atom. The van der Waals surface area contributed by atoms with Gasteiger partial charge >= 0.3 is 5.97 Å². The van der Waals surface area contributed by atoms with Crippen molar-refractivity contribution in [3.05, 3.63) is 59.9 Å². The molecule has 0 saturated carbocycles. The number of nitrogens with zero attached hydrogens (tertiary/aromatic N) is 1. The lowest BCUT2D eigenvalue weighted by molar-refractivity contribution is -0.136. The molecule has 5 nitrogen and oxygen atoms in total. The highest BCUT2D eigenvalue weighted by molar-refractivity contribution is 5.93. The van der Waals surface area contributed by atoms with Crippen LogP contribution in [0.4, 0.5) is 5.69 Å². The SMILES string of the molecule is O=C(O)Cc1ccccc1NC(=O)Cc1ccncc1. The van der Waals surface area contributed by atoms with E-state index in [0.29, 0.717) is 11.3 Å². The fourth-order valence-electron chi connectivity index (χ4n) is 1.84. The summed E-state index contributed by atoms with van der Waals surface area (Å²) >= 11 is 0. The Bertz CT molecular complexity index is 612. The maximum absolute atomic E-state index is 11.9. The van der Waals surface area contributed by atoms with Crippen LogP contribution in [0.2, 0.25) is 0 Å². The lowest BCUT2D eigenvalue weighted by Crippen LogP contribution is -2.16. The minimum atomic E-state index is -0.930. The predicted molar refractivity (Wildman–Crippen MR) is 74.4 cm³/mol. The van der Waals surface area contributed by atoms with Gasteiger partial charge in [0, 0.05) is 18.1 Å². The first-order valence-electron chi connectivity index (χ1n) is 6.13. The van der Waals surface area contributed by atoms with Gasteiger partial charge in [-0.1, -0.05) is 18.2 Å². The van der Waals surface area contributed by atoms with Gasteiger partial charge in [0.05, 0.1) is 12.8 Å². The van der Waals surface area contributed by atoms with Gasteiger partial charge in [0.1, 0.15) is 0 Å². The molecule has 20 heavy (non-hydrogen) atoms. The van der Waals surface area contributed by atoms with E-state index in [1.807, 2.05) is 0 Å². The molecule has 102 valence electrons. The van der Waals surface area contributed by atoms with Gasteiger partial charge in [0.15, 0.2) is 0 Å². The summed E-state index contributed by atoms with van der Waals surface area (Å²) in [6, 6.07) is 10.4. The van der Waals surface area contributed by atoms with E-state index in [0.717, 1.165) is 5.56 Å². The third kappa shape index (κ3) is 3.91. The summed E-state index contributed by atoms with van der Waals surface area (Å²) in [7, 11) is 0. The topological polar surface area (TPSA) is 79.3 Å². The molecule has 0 atom stereocenters. The van der Waals surface area contributed by atoms with Crippen LogP contribution < -0.4 is 5.32 Å². The number of pyridine rings is 1. The van der Waals surface area contributed by atoms with Crippen molar-refractivity contribution in [1.82, 2.24) is 4.98 Å². The van der Waals surface area contributed by atoms with Crippen molar-refractivity contribution in [2.45, 2.75) is 12.8 Å². The number of hydrogen-bond donors (Lipinski definition) is 2. The Hall–Kier alpha value is -2.69. The molecule has 0 radical (unpaired) electrons. The summed E-state index contributed by atoms with van der Waals surface area (Å²) in [5.41, 5.74) is 1.98. The number of nitrogens with one attached hydrogen (secondary N) is 1. The normalized spacial score (nSPS) is 10.0. The van der Waals surface area contributed by atoms with Crippen molar-refractivity contribution in [3.8, 4) is 0 Å². The van der Waals surface area contributed by atoms with Crippen molar-refractivity contribution >= 4 is 17.6 Å². The zero-order valence-electron chi connectivity index (χ0n) is 10.7. The zero-order chi connectivity index (χ0) is 14.4. The van der Waals surface area contributed by atoms with Gasteiger partial charge in [-0.2, -0.15) is 0 Å². The number of hydrogen-bond acceptors (Lipinski definition) is 3. The summed E-state index contributed by atoms with van der Waals surface area (Å²) in [6.45, 7) is 0. The standard InChI is InChI=1S/C15H14N2O3/c18-14(9-11-5-7-16-8-6-11)17-13-4-2-1-3-12(13)10-15(19)20/h1-8H,9-10H2,(H,17,18)(H,19,20). The molecule has 2 N–H and O–H groups in total. The summed E-state index contributed by atoms with van der Waals surface area (Å²) in [4.78, 5) is 26.6. The second-order valence-electron chi connectivity index (χ2n) is 4.31. The molecule has 2 rings (SSSR count). The maximum atomic E-state index is 11.9. The van der Waals surface area contributed by atoms with Crippen LogP contribution in [0.5, 0.6) is 0 Å². The molecule has 0 spiro atoms. The molecular formula is C15H14N2O3. The van der Waals surface area contributed by atoms with E-state index < -0.39 is 5.97 Å². The third-order valence-corrected chi connectivity index (χ3v) is 2.75. The van der Waals surface area contributed by atoms with Gasteiger partial charge in [0.25, 0.3) is 0 Å². The lowest BCUT2D eigenvalue weighted by atomic mass is 10.1. The fraction of sp³-hybridized carbons (Fsp3) is 0.133. The Balaban J connectivity index is 2.06. The summed E-state index contributed by atoms with van der Waals surface area (Å²) in [5.74, 6) is -1.12. The molecule has 0 aliphatic carbocycles. The zero-order valence-corrected chi connectivity index (χ0v) is 10.7. The molecule has 5 heteroatoms. The van der Waals surface area contributed by atoms with Crippen LogP contribution in [0.3, 0.4) is 0 Å². The number of benzene rings is 1. The Morgan fingerprint density at radius 1 is 1.05 bits per heavy atom. The van der Waals surface area contributed by atoms with Crippen molar-refractivity contribution < 1.29 is 14.7 Å². The molecular weight excluding hydrogens is 256 g/mol. The van der Waals surface area contributed by atoms with Gasteiger partial charge < -0.3 is 10.4 Å². The lowest BCUT2D eigenvalue weighted by Gasteiger charge is -2.09. The number of carboxylic acids is 1. The van der Waals surface area contributed by atoms with Gasteiger partial charge in [-0.3, -0.25) is 14.6 Å². The summed E-state index contributed by atoms with van der Waals surface area (Å²) in [6.07, 6.45) is 3.36. The molecule has 1 heterocycles. The third-order valence-electron chi connectivity index (χ3n) is 2.75. The van der Waals surface area contributed by atoms with E-state index in [1.165, 1.54) is 0 Å². The quantitative estimate of drug-likeness (QED) is 0.869. The van der Waals surface area contributed by atoms with Crippen molar-refractivity contribution in [2.24, 2.45) is 0 Å². The number of rotatable bonds is 5. The van der Waals surface area contributed by atoms with E-state index in [2.05, 4.69) is 10.3 Å². The van der Waals surface area contributed by atoms with Crippen LogP contribution >= 0.6 is 0 Å². The van der Waals surface area contributed by atoms with Gasteiger partial charge in [-0.25, -0.2) is 0 Å². The number of aromatic nitrogens is 1. The largest absolute Gasteiger partial charge is 0.481 e. The minimum absolute atomic E-state index is 0.119. The van der Waals surface area contributed by atoms with Gasteiger partial charge in [0.2, 0.25) is 5.91 Å². The molecule has 0 fully saturated rings. The molecule has 1 aromatic heterocycles. The first-order chi connectivity index (χ1) is 9.65. The fourth-order valence-corrected chi connectivity index (χ4v) is 1.84. The molecule has 0 bridgehead atoms. The van der Waals surface area contributed by atoms with E-state index in [1.54, 1.807) is 48.8 Å². The molecule has 1 amide bonds. The molecule has 0 aliphatic heterocycles. The number of para-hydroxylation sites is 1. The Labute approximate surface area is 116 Å². The van der Waals surface area contributed by atoms with Crippen LogP contribution in [0, 0.1) is 0 Å². The average molecular weight is 270 g/mol. The van der Waals surface area contributed by atoms with E-state index in [4.69, 9.17) is 5.11 Å². The monoisotopic (exact) mass is 270 g/mol. The van der Waals surface area contributed by atoms with Crippen molar-refractivity contribution in [3.63, 3.8) is 0 Å².